The fourth-order valence-corrected chi connectivity index (χ4v) is 2.35. The van der Waals surface area contributed by atoms with Crippen molar-refractivity contribution < 1.29 is 9.53 Å². The van der Waals surface area contributed by atoms with E-state index in [9.17, 15) is 4.79 Å². The SMILES string of the molecule is CCOC(=O)C1N[C@H]2CC[C@@H]1C2. The molecule has 3 atom stereocenters. The summed E-state index contributed by atoms with van der Waals surface area (Å²) in [5.41, 5.74) is 0. The fourth-order valence-electron chi connectivity index (χ4n) is 2.35. The zero-order valence-corrected chi connectivity index (χ0v) is 7.38. The van der Waals surface area contributed by atoms with Crippen LogP contribution in [0.3, 0.4) is 0 Å². The van der Waals surface area contributed by atoms with Gasteiger partial charge in [-0.15, -0.1) is 0 Å². The molecule has 0 aromatic rings. The number of esters is 1. The van der Waals surface area contributed by atoms with E-state index in [0.717, 1.165) is 0 Å². The molecule has 0 radical (unpaired) electrons. The maximum atomic E-state index is 11.4. The second-order valence-electron chi connectivity index (χ2n) is 3.67. The Morgan fingerprint density at radius 3 is 2.92 bits per heavy atom. The first-order chi connectivity index (χ1) is 5.81. The maximum Gasteiger partial charge on any atom is 0.323 e. The second-order valence-corrected chi connectivity index (χ2v) is 3.67. The first kappa shape index (κ1) is 8.05. The Kier molecular flexibility index (Phi) is 2.05. The molecule has 1 saturated heterocycles. The van der Waals surface area contributed by atoms with Crippen LogP contribution in [0.2, 0.25) is 0 Å². The molecule has 0 spiro atoms. The fraction of sp³-hybridized carbons (Fsp3) is 0.889. The van der Waals surface area contributed by atoms with E-state index in [4.69, 9.17) is 4.74 Å². The molecule has 2 bridgehead atoms. The minimum atomic E-state index is -0.0512. The summed E-state index contributed by atoms with van der Waals surface area (Å²) in [6.45, 7) is 2.35. The summed E-state index contributed by atoms with van der Waals surface area (Å²) in [6.07, 6.45) is 3.60. The Morgan fingerprint density at radius 1 is 1.58 bits per heavy atom. The highest BCUT2D eigenvalue weighted by Crippen LogP contribution is 2.35. The van der Waals surface area contributed by atoms with Crippen LogP contribution in [0, 0.1) is 5.92 Å². The molecular weight excluding hydrogens is 154 g/mol. The van der Waals surface area contributed by atoms with Crippen molar-refractivity contribution in [3.8, 4) is 0 Å². The third-order valence-corrected chi connectivity index (χ3v) is 2.90. The number of fused-ring (bicyclic) bond motifs is 2. The highest BCUT2D eigenvalue weighted by atomic mass is 16.5. The molecule has 3 heteroatoms. The van der Waals surface area contributed by atoms with Gasteiger partial charge in [-0.25, -0.2) is 0 Å². The lowest BCUT2D eigenvalue weighted by molar-refractivity contribution is -0.146. The molecule has 1 unspecified atom stereocenters. The van der Waals surface area contributed by atoms with Crippen molar-refractivity contribution in [2.45, 2.75) is 38.3 Å². The first-order valence-corrected chi connectivity index (χ1v) is 4.74. The topological polar surface area (TPSA) is 38.3 Å². The highest BCUT2D eigenvalue weighted by Gasteiger charge is 2.43. The molecule has 1 aliphatic heterocycles. The van der Waals surface area contributed by atoms with Gasteiger partial charge in [-0.05, 0) is 32.1 Å². The summed E-state index contributed by atoms with van der Waals surface area (Å²) < 4.78 is 4.98. The van der Waals surface area contributed by atoms with E-state index in [1.807, 2.05) is 6.92 Å². The Labute approximate surface area is 72.5 Å². The molecule has 2 aliphatic rings. The van der Waals surface area contributed by atoms with Crippen LogP contribution in [-0.2, 0) is 9.53 Å². The molecule has 0 aromatic carbocycles. The molecule has 2 fully saturated rings. The predicted molar refractivity (Wildman–Crippen MR) is 44.7 cm³/mol. The van der Waals surface area contributed by atoms with Crippen LogP contribution in [0.5, 0.6) is 0 Å². The standard InChI is InChI=1S/C9H15NO2/c1-2-12-9(11)8-6-3-4-7(5-6)10-8/h6-8,10H,2-5H2,1H3/t6-,7+,8?/m1/s1. The van der Waals surface area contributed by atoms with Crippen molar-refractivity contribution >= 4 is 5.97 Å². The van der Waals surface area contributed by atoms with E-state index in [0.29, 0.717) is 18.6 Å². The molecular formula is C9H15NO2. The van der Waals surface area contributed by atoms with E-state index in [-0.39, 0.29) is 12.0 Å². The summed E-state index contributed by atoms with van der Waals surface area (Å²) in [5, 5.41) is 3.30. The van der Waals surface area contributed by atoms with Gasteiger partial charge in [0.15, 0.2) is 0 Å². The quantitative estimate of drug-likeness (QED) is 0.618. The van der Waals surface area contributed by atoms with Gasteiger partial charge in [-0.2, -0.15) is 0 Å². The van der Waals surface area contributed by atoms with E-state index in [1.54, 1.807) is 0 Å². The van der Waals surface area contributed by atoms with Crippen LogP contribution in [0.25, 0.3) is 0 Å². The Balaban J connectivity index is 1.93. The van der Waals surface area contributed by atoms with Crippen LogP contribution >= 0.6 is 0 Å². The Morgan fingerprint density at radius 2 is 2.42 bits per heavy atom. The zero-order valence-electron chi connectivity index (χ0n) is 7.38. The highest BCUT2D eigenvalue weighted by molar-refractivity contribution is 5.76. The summed E-state index contributed by atoms with van der Waals surface area (Å²) in [4.78, 5) is 11.4. The lowest BCUT2D eigenvalue weighted by Gasteiger charge is -2.20. The number of hydrogen-bond acceptors (Lipinski definition) is 3. The van der Waals surface area contributed by atoms with Gasteiger partial charge in [0.1, 0.15) is 6.04 Å². The monoisotopic (exact) mass is 169 g/mol. The van der Waals surface area contributed by atoms with Crippen molar-refractivity contribution in [2.24, 2.45) is 5.92 Å². The zero-order chi connectivity index (χ0) is 8.55. The van der Waals surface area contributed by atoms with Gasteiger partial charge < -0.3 is 10.1 Å². The van der Waals surface area contributed by atoms with Crippen molar-refractivity contribution in [3.05, 3.63) is 0 Å². The number of rotatable bonds is 2. The van der Waals surface area contributed by atoms with Crippen LogP contribution in [-0.4, -0.2) is 24.7 Å². The van der Waals surface area contributed by atoms with Crippen molar-refractivity contribution in [1.29, 1.82) is 0 Å². The number of nitrogens with one attached hydrogen (secondary N) is 1. The molecule has 3 nitrogen and oxygen atoms in total. The summed E-state index contributed by atoms with van der Waals surface area (Å²) in [7, 11) is 0. The van der Waals surface area contributed by atoms with Gasteiger partial charge >= 0.3 is 5.97 Å². The predicted octanol–water partition coefficient (Wildman–Crippen LogP) is 0.690. The third kappa shape index (κ3) is 1.22. The van der Waals surface area contributed by atoms with Gasteiger partial charge in [0.2, 0.25) is 0 Å². The summed E-state index contributed by atoms with van der Waals surface area (Å²) in [5.74, 6) is 0.499. The van der Waals surface area contributed by atoms with Crippen LogP contribution in [0.4, 0.5) is 0 Å². The molecule has 2 rings (SSSR count). The molecule has 12 heavy (non-hydrogen) atoms. The minimum Gasteiger partial charge on any atom is -0.465 e. The number of ether oxygens (including phenoxy) is 1. The number of piperidine rings is 1. The van der Waals surface area contributed by atoms with E-state index < -0.39 is 0 Å². The normalized spacial score (nSPS) is 38.6. The van der Waals surface area contributed by atoms with Gasteiger partial charge in [0.05, 0.1) is 6.61 Å². The van der Waals surface area contributed by atoms with Crippen LogP contribution in [0.15, 0.2) is 0 Å². The summed E-state index contributed by atoms with van der Waals surface area (Å²) in [6, 6.07) is 0.591. The van der Waals surface area contributed by atoms with E-state index in [2.05, 4.69) is 5.32 Å². The van der Waals surface area contributed by atoms with Gasteiger partial charge in [-0.1, -0.05) is 0 Å². The number of carbonyl (C=O) groups is 1. The summed E-state index contributed by atoms with van der Waals surface area (Å²) >= 11 is 0. The number of carbonyl (C=O) groups excluding carboxylic acids is 1. The average Bonchev–Trinajstić information content (AvgIpc) is 2.64. The van der Waals surface area contributed by atoms with Crippen molar-refractivity contribution in [1.82, 2.24) is 5.32 Å². The molecule has 1 N–H and O–H groups in total. The van der Waals surface area contributed by atoms with Gasteiger partial charge in [0, 0.05) is 6.04 Å². The Bertz CT molecular complexity index is 193. The van der Waals surface area contributed by atoms with Crippen LogP contribution < -0.4 is 5.32 Å². The number of hydrogen-bond donors (Lipinski definition) is 1. The maximum absolute atomic E-state index is 11.4. The average molecular weight is 169 g/mol. The van der Waals surface area contributed by atoms with Gasteiger partial charge in [0.25, 0.3) is 0 Å². The smallest absolute Gasteiger partial charge is 0.323 e. The van der Waals surface area contributed by atoms with Crippen molar-refractivity contribution in [3.63, 3.8) is 0 Å². The molecule has 0 amide bonds. The third-order valence-electron chi connectivity index (χ3n) is 2.90. The van der Waals surface area contributed by atoms with Crippen LogP contribution in [0.1, 0.15) is 26.2 Å². The van der Waals surface area contributed by atoms with Gasteiger partial charge in [-0.3, -0.25) is 4.79 Å². The molecule has 68 valence electrons. The second kappa shape index (κ2) is 3.05. The first-order valence-electron chi connectivity index (χ1n) is 4.74. The molecule has 0 aromatic heterocycles. The van der Waals surface area contributed by atoms with E-state index in [1.165, 1.54) is 19.3 Å². The molecule has 1 aliphatic carbocycles. The minimum absolute atomic E-state index is 0.00343. The lowest BCUT2D eigenvalue weighted by Crippen LogP contribution is -2.42. The Hall–Kier alpha value is -0.570. The van der Waals surface area contributed by atoms with E-state index >= 15 is 0 Å². The molecule has 1 saturated carbocycles. The molecule has 1 heterocycles. The van der Waals surface area contributed by atoms with Crippen molar-refractivity contribution in [2.75, 3.05) is 6.61 Å². The largest absolute Gasteiger partial charge is 0.465 e. The lowest BCUT2D eigenvalue weighted by atomic mass is 10.0.